The molecule has 3 aromatic rings. The van der Waals surface area contributed by atoms with Gasteiger partial charge in [-0.05, 0) is 42.7 Å². The van der Waals surface area contributed by atoms with E-state index in [4.69, 9.17) is 10.5 Å². The zero-order valence-corrected chi connectivity index (χ0v) is 20.6. The molecule has 0 amide bonds. The molecule has 2 N–H and O–H groups in total. The van der Waals surface area contributed by atoms with Gasteiger partial charge in [-0.25, -0.2) is 0 Å². The average Bonchev–Trinajstić information content (AvgIpc) is 2.87. The maximum absolute atomic E-state index is 12.4. The summed E-state index contributed by atoms with van der Waals surface area (Å²) in [5.41, 5.74) is 5.85. The number of hydrogen-bond acceptors (Lipinski definition) is 5. The lowest BCUT2D eigenvalue weighted by Gasteiger charge is -2.27. The number of carbonyl (C=O) groups excluding carboxylic acids is 2. The number of Topliss-reactive ketones (excluding diaryl/α,β-unsaturated/α-hetero) is 1. The third kappa shape index (κ3) is 6.54. The SMILES string of the molecule is CSC[C@H](N)C(=O)CCC(=O)OCC[P+](c1ccccc1)(c1ccccc1)c1ccccc1. The number of benzene rings is 3. The number of hydrogen-bond donors (Lipinski definition) is 1. The Labute approximate surface area is 201 Å². The molecule has 0 aliphatic carbocycles. The van der Waals surface area contributed by atoms with Crippen molar-refractivity contribution in [3.8, 4) is 0 Å². The molecule has 0 aliphatic rings. The van der Waals surface area contributed by atoms with Crippen molar-refractivity contribution in [3.63, 3.8) is 0 Å². The molecule has 0 aliphatic heterocycles. The molecule has 0 spiro atoms. The van der Waals surface area contributed by atoms with Gasteiger partial charge in [-0.1, -0.05) is 54.6 Å². The second kappa shape index (κ2) is 12.7. The lowest BCUT2D eigenvalue weighted by atomic mass is 10.1. The molecule has 0 saturated heterocycles. The van der Waals surface area contributed by atoms with Crippen molar-refractivity contribution in [2.45, 2.75) is 18.9 Å². The molecule has 0 bridgehead atoms. The zero-order valence-electron chi connectivity index (χ0n) is 18.9. The Morgan fingerprint density at radius 1 is 0.818 bits per heavy atom. The molecular weight excluding hydrogens is 449 g/mol. The summed E-state index contributed by atoms with van der Waals surface area (Å²) in [7, 11) is -2.04. The second-order valence-corrected chi connectivity index (χ2v) is 12.3. The molecule has 0 heterocycles. The van der Waals surface area contributed by atoms with Crippen molar-refractivity contribution in [1.82, 2.24) is 0 Å². The molecule has 6 heteroatoms. The molecule has 3 rings (SSSR count). The third-order valence-electron chi connectivity index (χ3n) is 5.62. The third-order valence-corrected chi connectivity index (χ3v) is 10.7. The van der Waals surface area contributed by atoms with Crippen LogP contribution in [0.1, 0.15) is 12.8 Å². The Balaban J connectivity index is 1.80. The van der Waals surface area contributed by atoms with Crippen LogP contribution in [0.3, 0.4) is 0 Å². The summed E-state index contributed by atoms with van der Waals surface area (Å²) < 4.78 is 5.64. The first-order valence-corrected chi connectivity index (χ1v) is 14.4. The minimum atomic E-state index is -2.04. The lowest BCUT2D eigenvalue weighted by molar-refractivity contribution is -0.144. The Hall–Kier alpha value is -2.46. The Bertz CT molecular complexity index is 919. The monoisotopic (exact) mass is 480 g/mol. The fourth-order valence-electron chi connectivity index (χ4n) is 3.93. The summed E-state index contributed by atoms with van der Waals surface area (Å²) in [4.78, 5) is 24.5. The van der Waals surface area contributed by atoms with E-state index in [2.05, 4.69) is 72.8 Å². The van der Waals surface area contributed by atoms with E-state index < -0.39 is 13.3 Å². The van der Waals surface area contributed by atoms with Gasteiger partial charge in [0.15, 0.2) is 5.78 Å². The number of nitrogens with two attached hydrogens (primary N) is 1. The normalized spacial score (nSPS) is 12.2. The molecule has 4 nitrogen and oxygen atoms in total. The number of ether oxygens (including phenoxy) is 1. The first kappa shape index (κ1) is 25.2. The maximum Gasteiger partial charge on any atom is 0.306 e. The standard InChI is InChI=1S/C27H31NO3PS/c1-33-21-25(28)26(29)17-18-27(30)31-19-20-32(22-11-5-2-6-12-22,23-13-7-3-8-14-23)24-15-9-4-10-16-24/h2-16,25H,17-21,28H2,1H3/q+1/t25-/m0/s1. The fraction of sp³-hybridized carbons (Fsp3) is 0.259. The maximum atomic E-state index is 12.4. The van der Waals surface area contributed by atoms with E-state index in [0.29, 0.717) is 11.9 Å². The highest BCUT2D eigenvalue weighted by Gasteiger charge is 2.45. The van der Waals surface area contributed by atoms with Crippen LogP contribution in [-0.2, 0) is 14.3 Å². The van der Waals surface area contributed by atoms with Gasteiger partial charge >= 0.3 is 5.97 Å². The van der Waals surface area contributed by atoms with E-state index in [0.717, 1.165) is 0 Å². The van der Waals surface area contributed by atoms with Gasteiger partial charge < -0.3 is 10.5 Å². The molecule has 1 atom stereocenters. The first-order chi connectivity index (χ1) is 16.1. The average molecular weight is 481 g/mol. The van der Waals surface area contributed by atoms with Crippen LogP contribution in [0, 0.1) is 0 Å². The van der Waals surface area contributed by atoms with E-state index in [1.807, 2.05) is 24.5 Å². The molecule has 0 radical (unpaired) electrons. The van der Waals surface area contributed by atoms with Gasteiger partial charge in [-0.2, -0.15) is 11.8 Å². The molecular formula is C27H31NO3PS+. The van der Waals surface area contributed by atoms with Gasteiger partial charge in [0, 0.05) is 12.2 Å². The lowest BCUT2D eigenvalue weighted by Crippen LogP contribution is -2.35. The van der Waals surface area contributed by atoms with Gasteiger partial charge in [-0.15, -0.1) is 0 Å². The van der Waals surface area contributed by atoms with E-state index >= 15 is 0 Å². The van der Waals surface area contributed by atoms with Crippen LogP contribution in [0.4, 0.5) is 0 Å². The van der Waals surface area contributed by atoms with Crippen molar-refractivity contribution in [2.75, 3.05) is 24.8 Å². The predicted molar refractivity (Wildman–Crippen MR) is 142 cm³/mol. The van der Waals surface area contributed by atoms with E-state index in [-0.39, 0.29) is 31.2 Å². The summed E-state index contributed by atoms with van der Waals surface area (Å²) in [5, 5.41) is 3.74. The van der Waals surface area contributed by atoms with Gasteiger partial charge in [0.2, 0.25) is 0 Å². The summed E-state index contributed by atoms with van der Waals surface area (Å²) in [6, 6.07) is 30.9. The highest BCUT2D eigenvalue weighted by Crippen LogP contribution is 2.54. The van der Waals surface area contributed by atoms with Crippen LogP contribution in [0.25, 0.3) is 0 Å². The summed E-state index contributed by atoms with van der Waals surface area (Å²) in [6.45, 7) is 0.288. The molecule has 0 saturated carbocycles. The van der Waals surface area contributed by atoms with Crippen LogP contribution in [0.5, 0.6) is 0 Å². The topological polar surface area (TPSA) is 69.4 Å². The van der Waals surface area contributed by atoms with Crippen molar-refractivity contribution in [3.05, 3.63) is 91.0 Å². The predicted octanol–water partition coefficient (Wildman–Crippen LogP) is 3.56. The van der Waals surface area contributed by atoms with E-state index in [1.54, 1.807) is 0 Å². The van der Waals surface area contributed by atoms with Crippen molar-refractivity contribution in [2.24, 2.45) is 5.73 Å². The van der Waals surface area contributed by atoms with Crippen molar-refractivity contribution in [1.29, 1.82) is 0 Å². The van der Waals surface area contributed by atoms with Crippen molar-refractivity contribution >= 4 is 46.7 Å². The minimum absolute atomic E-state index is 0.0639. The Kier molecular flexibility index (Phi) is 9.68. The minimum Gasteiger partial charge on any atom is -0.462 e. The van der Waals surface area contributed by atoms with Crippen LogP contribution < -0.4 is 21.6 Å². The van der Waals surface area contributed by atoms with Crippen LogP contribution in [-0.4, -0.2) is 42.6 Å². The van der Waals surface area contributed by atoms with Gasteiger partial charge in [0.25, 0.3) is 0 Å². The quantitative estimate of drug-likeness (QED) is 0.317. The Morgan fingerprint density at radius 2 is 1.27 bits per heavy atom. The zero-order chi connectivity index (χ0) is 23.5. The molecule has 0 aromatic heterocycles. The van der Waals surface area contributed by atoms with Crippen LogP contribution >= 0.6 is 19.0 Å². The highest BCUT2D eigenvalue weighted by atomic mass is 32.2. The highest BCUT2D eigenvalue weighted by molar-refractivity contribution is 7.98. The van der Waals surface area contributed by atoms with Gasteiger partial charge in [-0.3, -0.25) is 9.59 Å². The molecule has 172 valence electrons. The molecule has 0 unspecified atom stereocenters. The van der Waals surface area contributed by atoms with Crippen LogP contribution in [0.15, 0.2) is 91.0 Å². The molecule has 33 heavy (non-hydrogen) atoms. The summed E-state index contributed by atoms with van der Waals surface area (Å²) in [6.07, 6.45) is 2.78. The van der Waals surface area contributed by atoms with E-state index in [9.17, 15) is 9.59 Å². The number of esters is 1. The summed E-state index contributed by atoms with van der Waals surface area (Å²) in [5.74, 6) is 0.111. The number of thioether (sulfide) groups is 1. The van der Waals surface area contributed by atoms with Crippen molar-refractivity contribution < 1.29 is 14.3 Å². The van der Waals surface area contributed by atoms with Gasteiger partial charge in [0.05, 0.1) is 12.5 Å². The largest absolute Gasteiger partial charge is 0.462 e. The fourth-order valence-corrected chi connectivity index (χ4v) is 8.56. The molecule has 3 aromatic carbocycles. The molecule has 0 fully saturated rings. The first-order valence-electron chi connectivity index (χ1n) is 11.1. The van der Waals surface area contributed by atoms with Gasteiger partial charge in [0.1, 0.15) is 35.9 Å². The summed E-state index contributed by atoms with van der Waals surface area (Å²) >= 11 is 1.52. The number of rotatable bonds is 12. The van der Waals surface area contributed by atoms with E-state index in [1.165, 1.54) is 27.7 Å². The Morgan fingerprint density at radius 3 is 1.70 bits per heavy atom. The number of carbonyl (C=O) groups is 2. The second-order valence-electron chi connectivity index (χ2n) is 7.79. The number of ketones is 1. The van der Waals surface area contributed by atoms with Crippen LogP contribution in [0.2, 0.25) is 0 Å². The smallest absolute Gasteiger partial charge is 0.306 e.